The molecule has 3 aliphatic heterocycles. The number of aliphatic hydroxyl groups excluding tert-OH is 1. The third-order valence-corrected chi connectivity index (χ3v) is 11.3. The van der Waals surface area contributed by atoms with Crippen molar-refractivity contribution in [3.63, 3.8) is 0 Å². The van der Waals surface area contributed by atoms with E-state index in [0.29, 0.717) is 37.9 Å². The van der Waals surface area contributed by atoms with Crippen molar-refractivity contribution >= 4 is 23.5 Å². The van der Waals surface area contributed by atoms with Crippen molar-refractivity contribution in [1.82, 2.24) is 15.5 Å². The Bertz CT molecular complexity index is 1440. The molecule has 14 nitrogen and oxygen atoms in total. The Morgan fingerprint density at radius 1 is 1.12 bits per heavy atom. The average molecular weight is 730 g/mol. The number of carbonyl (C=O) groups excluding carboxylic acids is 3. The number of methoxy groups -OCH3 is 1. The van der Waals surface area contributed by atoms with E-state index in [1.54, 1.807) is 33.1 Å². The van der Waals surface area contributed by atoms with Crippen molar-refractivity contribution in [3.8, 4) is 6.07 Å². The number of carbonyl (C=O) groups is 3. The normalized spacial score (nSPS) is 39.3. The van der Waals surface area contributed by atoms with Crippen LogP contribution in [0.15, 0.2) is 24.3 Å². The molecule has 3 aliphatic rings. The van der Waals surface area contributed by atoms with Crippen LogP contribution in [-0.2, 0) is 33.3 Å². The molecule has 0 saturated carbocycles. The van der Waals surface area contributed by atoms with Gasteiger partial charge in [-0.25, -0.2) is 4.79 Å². The van der Waals surface area contributed by atoms with Gasteiger partial charge in [-0.05, 0) is 97.8 Å². The molecular formula is C38H59N5O9. The molecule has 3 heterocycles. The molecule has 3 fully saturated rings. The number of fused-ring (bicyclic) bond motifs is 1. The second kappa shape index (κ2) is 17.2. The first-order valence-electron chi connectivity index (χ1n) is 18.4. The summed E-state index contributed by atoms with van der Waals surface area (Å²) < 4.78 is 31.1. The Morgan fingerprint density at radius 2 is 1.79 bits per heavy atom. The molecule has 0 aromatic heterocycles. The Kier molecular flexibility index (Phi) is 13.7. The number of nitriles is 1. The number of esters is 1. The van der Waals surface area contributed by atoms with Crippen LogP contribution in [0.2, 0.25) is 0 Å². The molecule has 52 heavy (non-hydrogen) atoms. The van der Waals surface area contributed by atoms with Crippen molar-refractivity contribution in [3.05, 3.63) is 29.8 Å². The van der Waals surface area contributed by atoms with Gasteiger partial charge in [-0.2, -0.15) is 5.26 Å². The van der Waals surface area contributed by atoms with Crippen LogP contribution in [0, 0.1) is 29.1 Å². The zero-order valence-electron chi connectivity index (χ0n) is 32.3. The number of hydrogen-bond acceptors (Lipinski definition) is 13. The molecule has 0 radical (unpaired) electrons. The summed E-state index contributed by atoms with van der Waals surface area (Å²) in [4.78, 5) is 42.4. The summed E-state index contributed by atoms with van der Waals surface area (Å²) in [5, 5.41) is 30.6. The van der Waals surface area contributed by atoms with Crippen LogP contribution in [0.3, 0.4) is 0 Å². The predicted octanol–water partition coefficient (Wildman–Crippen LogP) is 3.21. The number of likely N-dealkylation sites (N-methyl/N-ethyl adjacent to an activating group) is 1. The number of alkyl carbamates (subject to hydrolysis) is 1. The molecule has 3 saturated heterocycles. The van der Waals surface area contributed by atoms with Gasteiger partial charge >= 0.3 is 12.1 Å². The standard InChI is InChI=1S/C38H59N5O9/c1-11-29-38(7)32(42-36(47)52-38)24(5)40-19-21(2)17-37(6,48-10)33(22(3)30(44)23(4)34(46)50-29)51-35-31(45)28(43(8)9)16-27(49-35)20-41-26-14-12-25(18-39)13-15-26/h12-15,21-24,27-29,31-33,35,40-41,45H,11,16-17,19-20H2,1-10H3,(H,42,47)/t21-,22+,23?,24-,27?,28?,29-,31?,32-,33-,35+,37-,38-/m1/s1. The van der Waals surface area contributed by atoms with E-state index < -0.39 is 71.5 Å². The number of rotatable bonds is 8. The number of ketones is 1. The molecule has 4 unspecified atom stereocenters. The summed E-state index contributed by atoms with van der Waals surface area (Å²) in [5.74, 6) is -3.24. The largest absolute Gasteiger partial charge is 0.458 e. The lowest BCUT2D eigenvalue weighted by Gasteiger charge is -2.47. The van der Waals surface area contributed by atoms with Crippen molar-refractivity contribution in [2.45, 2.75) is 128 Å². The quantitative estimate of drug-likeness (QED) is 0.227. The molecule has 4 N–H and O–H groups in total. The summed E-state index contributed by atoms with van der Waals surface area (Å²) >= 11 is 0. The number of anilines is 1. The molecule has 290 valence electrons. The number of nitrogens with one attached hydrogen (secondary N) is 3. The molecule has 0 bridgehead atoms. The van der Waals surface area contributed by atoms with Gasteiger partial charge in [-0.3, -0.25) is 9.59 Å². The fourth-order valence-corrected chi connectivity index (χ4v) is 8.05. The van der Waals surface area contributed by atoms with E-state index in [0.717, 1.165) is 5.69 Å². The maximum absolute atomic E-state index is 14.3. The number of aliphatic hydroxyl groups is 1. The second-order valence-electron chi connectivity index (χ2n) is 15.5. The SMILES string of the molecule is CC[C@H]1OC(=O)C(C)C(=O)[C@H](C)[C@@H](O[C@@H]2OC(CNc3ccc(C#N)cc3)CC(N(C)C)C2O)[C@](C)(OC)C[C@@H](C)CN[C@H](C)[C@H]2NC(=O)O[C@@]21C. The number of ether oxygens (including phenoxy) is 5. The molecule has 14 heteroatoms. The van der Waals surface area contributed by atoms with E-state index in [2.05, 4.69) is 28.9 Å². The third kappa shape index (κ3) is 9.06. The van der Waals surface area contributed by atoms with E-state index in [1.165, 1.54) is 6.92 Å². The van der Waals surface area contributed by atoms with Gasteiger partial charge in [0.1, 0.15) is 18.1 Å². The van der Waals surface area contributed by atoms with Crippen molar-refractivity contribution in [1.29, 1.82) is 5.26 Å². The number of cyclic esters (lactones) is 1. The Morgan fingerprint density at radius 3 is 2.38 bits per heavy atom. The highest BCUT2D eigenvalue weighted by Gasteiger charge is 2.55. The van der Waals surface area contributed by atoms with Gasteiger partial charge in [0.05, 0.1) is 35.5 Å². The zero-order valence-corrected chi connectivity index (χ0v) is 32.3. The lowest BCUT2D eigenvalue weighted by Crippen LogP contribution is -2.60. The van der Waals surface area contributed by atoms with Gasteiger partial charge in [0.15, 0.2) is 17.7 Å². The number of amides is 1. The van der Waals surface area contributed by atoms with Crippen LogP contribution in [0.25, 0.3) is 0 Å². The molecule has 1 aromatic carbocycles. The van der Waals surface area contributed by atoms with Gasteiger partial charge in [0.25, 0.3) is 0 Å². The van der Waals surface area contributed by atoms with Crippen LogP contribution in [-0.4, -0.2) is 122 Å². The first-order chi connectivity index (χ1) is 24.5. The summed E-state index contributed by atoms with van der Waals surface area (Å²) in [6.45, 7) is 13.6. The number of Topliss-reactive ketones (excluding diaryl/α,β-unsaturated/α-hetero) is 1. The van der Waals surface area contributed by atoms with E-state index in [9.17, 15) is 19.5 Å². The Hall–Kier alpha value is -3.32. The van der Waals surface area contributed by atoms with Crippen LogP contribution in [0.4, 0.5) is 10.5 Å². The highest BCUT2D eigenvalue weighted by Crippen LogP contribution is 2.38. The van der Waals surface area contributed by atoms with Gasteiger partial charge < -0.3 is 49.6 Å². The van der Waals surface area contributed by atoms with Crippen molar-refractivity contribution in [2.75, 3.05) is 39.6 Å². The van der Waals surface area contributed by atoms with E-state index in [4.69, 9.17) is 28.9 Å². The van der Waals surface area contributed by atoms with E-state index >= 15 is 0 Å². The number of hydrogen-bond donors (Lipinski definition) is 4. The predicted molar refractivity (Wildman–Crippen MR) is 193 cm³/mol. The highest BCUT2D eigenvalue weighted by atomic mass is 16.7. The minimum Gasteiger partial charge on any atom is -0.458 e. The maximum Gasteiger partial charge on any atom is 0.408 e. The molecule has 0 aliphatic carbocycles. The van der Waals surface area contributed by atoms with Gasteiger partial charge in [0.2, 0.25) is 0 Å². The summed E-state index contributed by atoms with van der Waals surface area (Å²) in [6.07, 6.45) is -3.64. The molecule has 4 rings (SSSR count). The second-order valence-corrected chi connectivity index (χ2v) is 15.5. The van der Waals surface area contributed by atoms with Crippen LogP contribution in [0.5, 0.6) is 0 Å². The monoisotopic (exact) mass is 729 g/mol. The highest BCUT2D eigenvalue weighted by molar-refractivity contribution is 6.00. The topological polar surface area (TPSA) is 181 Å². The van der Waals surface area contributed by atoms with Crippen LogP contribution in [0.1, 0.15) is 73.3 Å². The third-order valence-electron chi connectivity index (χ3n) is 11.3. The van der Waals surface area contributed by atoms with Crippen molar-refractivity contribution < 1.29 is 43.2 Å². The van der Waals surface area contributed by atoms with Crippen LogP contribution < -0.4 is 16.0 Å². The maximum atomic E-state index is 14.3. The van der Waals surface area contributed by atoms with Gasteiger partial charge in [0, 0.05) is 37.3 Å². The Labute approximate surface area is 308 Å². The van der Waals surface area contributed by atoms with Crippen LogP contribution >= 0.6 is 0 Å². The molecule has 0 spiro atoms. The molecule has 1 aromatic rings. The summed E-state index contributed by atoms with van der Waals surface area (Å²) in [5.41, 5.74) is -0.880. The fourth-order valence-electron chi connectivity index (χ4n) is 8.05. The van der Waals surface area contributed by atoms with Crippen molar-refractivity contribution in [2.24, 2.45) is 17.8 Å². The summed E-state index contributed by atoms with van der Waals surface area (Å²) in [7, 11) is 5.33. The minimum atomic E-state index is -1.18. The van der Waals surface area contributed by atoms with Gasteiger partial charge in [-0.1, -0.05) is 20.8 Å². The first-order valence-corrected chi connectivity index (χ1v) is 18.4. The molecular weight excluding hydrogens is 670 g/mol. The first kappa shape index (κ1) is 41.4. The number of nitrogens with zero attached hydrogens (tertiary/aromatic N) is 2. The fraction of sp³-hybridized carbons (Fsp3) is 0.737. The number of benzene rings is 1. The van der Waals surface area contributed by atoms with Gasteiger partial charge in [-0.15, -0.1) is 0 Å². The summed E-state index contributed by atoms with van der Waals surface area (Å²) in [6, 6.07) is 8.11. The Balaban J connectivity index is 1.66. The smallest absolute Gasteiger partial charge is 0.408 e. The zero-order chi connectivity index (χ0) is 38.5. The lowest BCUT2D eigenvalue weighted by atomic mass is 9.78. The molecule has 13 atom stereocenters. The van der Waals surface area contributed by atoms with E-state index in [1.807, 2.05) is 51.9 Å². The van der Waals surface area contributed by atoms with E-state index in [-0.39, 0.29) is 24.1 Å². The average Bonchev–Trinajstić information content (AvgIpc) is 3.44. The minimum absolute atomic E-state index is 0.0106. The lowest BCUT2D eigenvalue weighted by molar-refractivity contribution is -0.296. The molecule has 1 amide bonds.